The molecule has 1 aromatic carbocycles. The Labute approximate surface area is 176 Å². The molecular weight excluding hydrogens is 394 g/mol. The Morgan fingerprint density at radius 2 is 1.96 bits per heavy atom. The van der Waals surface area contributed by atoms with E-state index in [0.717, 1.165) is 18.5 Å². The summed E-state index contributed by atoms with van der Waals surface area (Å²) in [6.07, 6.45) is 4.01. The van der Waals surface area contributed by atoms with Gasteiger partial charge in [-0.3, -0.25) is 15.3 Å². The van der Waals surface area contributed by atoms with Gasteiger partial charge in [-0.05, 0) is 49.2 Å². The molecule has 0 fully saturated rings. The van der Waals surface area contributed by atoms with Gasteiger partial charge in [0.2, 0.25) is 0 Å². The topological polar surface area (TPSA) is 87.3 Å². The average Bonchev–Trinajstić information content (AvgIpc) is 2.69. The van der Waals surface area contributed by atoms with Gasteiger partial charge in [-0.15, -0.1) is 0 Å². The summed E-state index contributed by atoms with van der Waals surface area (Å²) >= 11 is 11.5. The molecule has 0 bridgehead atoms. The molecule has 2 aromatic rings. The molecule has 0 spiro atoms. The number of nitrogens with one attached hydrogen (secondary N) is 2. The number of halogens is 1. The van der Waals surface area contributed by atoms with Crippen LogP contribution in [-0.4, -0.2) is 47.3 Å². The van der Waals surface area contributed by atoms with Gasteiger partial charge in [0.05, 0.1) is 23.9 Å². The minimum atomic E-state index is -0.0883. The van der Waals surface area contributed by atoms with Crippen LogP contribution in [0.2, 0.25) is 5.02 Å². The van der Waals surface area contributed by atoms with Gasteiger partial charge in [0.25, 0.3) is 0 Å². The Morgan fingerprint density at radius 3 is 2.68 bits per heavy atom. The number of rotatable bonds is 10. The number of pyridine rings is 1. The summed E-state index contributed by atoms with van der Waals surface area (Å²) in [5.74, 6) is -0.0883. The van der Waals surface area contributed by atoms with Crippen LogP contribution in [0.1, 0.15) is 17.7 Å². The van der Waals surface area contributed by atoms with Gasteiger partial charge in [0, 0.05) is 19.3 Å². The highest BCUT2D eigenvalue weighted by atomic mass is 35.5. The first-order valence-electron chi connectivity index (χ1n) is 9.18. The van der Waals surface area contributed by atoms with E-state index in [2.05, 4.69) is 22.4 Å². The zero-order valence-corrected chi connectivity index (χ0v) is 17.3. The van der Waals surface area contributed by atoms with Crippen molar-refractivity contribution in [3.63, 3.8) is 0 Å². The van der Waals surface area contributed by atoms with E-state index in [1.807, 2.05) is 24.3 Å². The number of hydrogen-bond acceptors (Lipinski definition) is 4. The standard InChI is InChI=1S/C20H26ClN5OS/c21-17-8-4-11-24-18(17)9-5-13-26(19(22)23)20(28)25-12-15-27-14-10-16-6-2-1-3-7-16/h1-4,6-8,11H,5,9-10,12-15H2,(H3,22,23)(H,25,28). The molecule has 4 N–H and O–H groups in total. The second kappa shape index (κ2) is 12.3. The molecule has 28 heavy (non-hydrogen) atoms. The van der Waals surface area contributed by atoms with Crippen LogP contribution in [0.15, 0.2) is 48.7 Å². The maximum atomic E-state index is 7.75. The predicted molar refractivity (Wildman–Crippen MR) is 118 cm³/mol. The molecule has 0 aliphatic carbocycles. The van der Waals surface area contributed by atoms with E-state index in [0.29, 0.717) is 42.9 Å². The van der Waals surface area contributed by atoms with E-state index >= 15 is 0 Å². The van der Waals surface area contributed by atoms with E-state index in [4.69, 9.17) is 39.7 Å². The Hall–Kier alpha value is -2.22. The van der Waals surface area contributed by atoms with Crippen LogP contribution in [0.25, 0.3) is 0 Å². The second-order valence-electron chi connectivity index (χ2n) is 6.15. The van der Waals surface area contributed by atoms with Crippen molar-refractivity contribution >= 4 is 34.9 Å². The Kier molecular flexibility index (Phi) is 9.68. The maximum Gasteiger partial charge on any atom is 0.194 e. The maximum absolute atomic E-state index is 7.75. The van der Waals surface area contributed by atoms with Gasteiger partial charge < -0.3 is 15.8 Å². The highest BCUT2D eigenvalue weighted by molar-refractivity contribution is 7.80. The molecule has 0 amide bonds. The zero-order valence-electron chi connectivity index (χ0n) is 15.7. The van der Waals surface area contributed by atoms with Crippen molar-refractivity contribution in [2.24, 2.45) is 5.73 Å². The van der Waals surface area contributed by atoms with Crippen LogP contribution < -0.4 is 11.1 Å². The molecule has 150 valence electrons. The lowest BCUT2D eigenvalue weighted by Gasteiger charge is -2.24. The molecule has 0 saturated carbocycles. The fraction of sp³-hybridized carbons (Fsp3) is 0.350. The van der Waals surface area contributed by atoms with Crippen LogP contribution in [0.4, 0.5) is 0 Å². The van der Waals surface area contributed by atoms with Crippen LogP contribution in [-0.2, 0) is 17.6 Å². The molecule has 1 heterocycles. The molecule has 0 saturated heterocycles. The van der Waals surface area contributed by atoms with Gasteiger partial charge >= 0.3 is 0 Å². The quantitative estimate of drug-likeness (QED) is 0.237. The monoisotopic (exact) mass is 419 g/mol. The molecule has 0 aliphatic rings. The zero-order chi connectivity index (χ0) is 20.2. The van der Waals surface area contributed by atoms with Gasteiger partial charge in [-0.1, -0.05) is 41.9 Å². The lowest BCUT2D eigenvalue weighted by atomic mass is 10.2. The summed E-state index contributed by atoms with van der Waals surface area (Å²) in [7, 11) is 0. The number of ether oxygens (including phenoxy) is 1. The lowest BCUT2D eigenvalue weighted by molar-refractivity contribution is 0.141. The average molecular weight is 420 g/mol. The number of nitrogens with zero attached hydrogens (tertiary/aromatic N) is 2. The summed E-state index contributed by atoms with van der Waals surface area (Å²) in [5.41, 5.74) is 7.76. The molecule has 0 aliphatic heterocycles. The van der Waals surface area contributed by atoms with Crippen LogP contribution >= 0.6 is 23.8 Å². The van der Waals surface area contributed by atoms with E-state index in [-0.39, 0.29) is 5.96 Å². The third kappa shape index (κ3) is 7.80. The van der Waals surface area contributed by atoms with Crippen molar-refractivity contribution in [3.8, 4) is 0 Å². The summed E-state index contributed by atoms with van der Waals surface area (Å²) in [6, 6.07) is 13.8. The summed E-state index contributed by atoms with van der Waals surface area (Å²) in [6.45, 7) is 2.26. The highest BCUT2D eigenvalue weighted by Gasteiger charge is 2.12. The molecule has 0 atom stereocenters. The van der Waals surface area contributed by atoms with E-state index in [9.17, 15) is 0 Å². The van der Waals surface area contributed by atoms with Crippen molar-refractivity contribution in [2.75, 3.05) is 26.3 Å². The van der Waals surface area contributed by atoms with Crippen LogP contribution in [0.3, 0.4) is 0 Å². The van der Waals surface area contributed by atoms with E-state index in [1.54, 1.807) is 17.2 Å². The molecule has 1 aromatic heterocycles. The van der Waals surface area contributed by atoms with Crippen molar-refractivity contribution < 1.29 is 4.74 Å². The predicted octanol–water partition coefficient (Wildman–Crippen LogP) is 3.00. The first kappa shape index (κ1) is 22.1. The second-order valence-corrected chi connectivity index (χ2v) is 6.95. The fourth-order valence-corrected chi connectivity index (χ4v) is 3.11. The van der Waals surface area contributed by atoms with Crippen molar-refractivity contribution in [3.05, 3.63) is 64.9 Å². The van der Waals surface area contributed by atoms with Gasteiger partial charge in [-0.25, -0.2) is 0 Å². The smallest absolute Gasteiger partial charge is 0.194 e. The lowest BCUT2D eigenvalue weighted by Crippen LogP contribution is -2.48. The van der Waals surface area contributed by atoms with Gasteiger partial charge in [0.1, 0.15) is 0 Å². The number of hydrogen-bond donors (Lipinski definition) is 3. The molecule has 2 rings (SSSR count). The van der Waals surface area contributed by atoms with E-state index < -0.39 is 0 Å². The van der Waals surface area contributed by atoms with Crippen molar-refractivity contribution in [1.82, 2.24) is 15.2 Å². The Morgan fingerprint density at radius 1 is 1.18 bits per heavy atom. The third-order valence-electron chi connectivity index (χ3n) is 4.07. The molecule has 0 radical (unpaired) electrons. The fourth-order valence-electron chi connectivity index (χ4n) is 2.60. The van der Waals surface area contributed by atoms with Gasteiger partial charge in [-0.2, -0.15) is 0 Å². The number of nitrogens with two attached hydrogens (primary N) is 1. The van der Waals surface area contributed by atoms with Crippen LogP contribution in [0.5, 0.6) is 0 Å². The van der Waals surface area contributed by atoms with E-state index in [1.165, 1.54) is 5.56 Å². The summed E-state index contributed by atoms with van der Waals surface area (Å²) < 4.78 is 5.63. The Bertz CT molecular complexity index is 759. The SMILES string of the molecule is N=C(N)N(CCCc1ncccc1Cl)C(=S)NCCOCCc1ccccc1. The van der Waals surface area contributed by atoms with Crippen molar-refractivity contribution in [1.29, 1.82) is 5.41 Å². The third-order valence-corrected chi connectivity index (χ3v) is 4.78. The van der Waals surface area contributed by atoms with Crippen LogP contribution in [0, 0.1) is 5.41 Å². The summed E-state index contributed by atoms with van der Waals surface area (Å²) in [5, 5.41) is 11.9. The Balaban J connectivity index is 1.64. The number of thiocarbonyl (C=S) groups is 1. The van der Waals surface area contributed by atoms with Gasteiger partial charge in [0.15, 0.2) is 11.1 Å². The molecule has 0 unspecified atom stereocenters. The molecule has 8 heteroatoms. The first-order valence-corrected chi connectivity index (χ1v) is 9.97. The number of aromatic nitrogens is 1. The number of benzene rings is 1. The first-order chi connectivity index (χ1) is 13.6. The minimum absolute atomic E-state index is 0.0883. The largest absolute Gasteiger partial charge is 0.379 e. The normalized spacial score (nSPS) is 10.5. The highest BCUT2D eigenvalue weighted by Crippen LogP contribution is 2.14. The minimum Gasteiger partial charge on any atom is -0.379 e. The molecular formula is C20H26ClN5OS. The number of guanidine groups is 1. The number of aryl methyl sites for hydroxylation is 1. The van der Waals surface area contributed by atoms with Crippen molar-refractivity contribution in [2.45, 2.75) is 19.3 Å². The summed E-state index contributed by atoms with van der Waals surface area (Å²) in [4.78, 5) is 5.83. The molecule has 6 nitrogen and oxygen atoms in total.